The fraction of sp³-hybridized carbons (Fsp3) is 0.481. The third-order valence-electron chi connectivity index (χ3n) is 7.11. The van der Waals surface area contributed by atoms with E-state index < -0.39 is 0 Å². The predicted octanol–water partition coefficient (Wildman–Crippen LogP) is 8.51. The van der Waals surface area contributed by atoms with Crippen LogP contribution in [0.4, 0.5) is 0 Å². The topological polar surface area (TPSA) is 0 Å². The second-order valence-corrected chi connectivity index (χ2v) is 9.90. The summed E-state index contributed by atoms with van der Waals surface area (Å²) in [5.74, 6) is 0.555. The van der Waals surface area contributed by atoms with Crippen molar-refractivity contribution in [3.63, 3.8) is 0 Å². The van der Waals surface area contributed by atoms with Gasteiger partial charge in [0.15, 0.2) is 0 Å². The lowest BCUT2D eigenvalue weighted by molar-refractivity contribution is 0.289. The molecule has 0 nitrogen and oxygen atoms in total. The highest BCUT2D eigenvalue weighted by Gasteiger charge is 2.25. The van der Waals surface area contributed by atoms with Crippen LogP contribution in [0.1, 0.15) is 78.4 Å². The molecule has 27 heavy (non-hydrogen) atoms. The van der Waals surface area contributed by atoms with Gasteiger partial charge in [0.1, 0.15) is 0 Å². The van der Waals surface area contributed by atoms with Gasteiger partial charge >= 0.3 is 0 Å². The van der Waals surface area contributed by atoms with Gasteiger partial charge in [0.2, 0.25) is 0 Å². The molecule has 0 heteroatoms. The Hall–Kier alpha value is -1.82. The summed E-state index contributed by atoms with van der Waals surface area (Å²) in [6.45, 7) is 16.4. The zero-order valence-electron chi connectivity index (χ0n) is 18.3. The molecule has 0 N–H and O–H groups in total. The van der Waals surface area contributed by atoms with Crippen molar-refractivity contribution in [2.24, 2.45) is 10.8 Å². The van der Waals surface area contributed by atoms with Crippen molar-refractivity contribution in [1.82, 2.24) is 0 Å². The first kappa shape index (κ1) is 19.9. The van der Waals surface area contributed by atoms with E-state index in [1.54, 1.807) is 0 Å². The molecule has 0 bridgehead atoms. The van der Waals surface area contributed by atoms with Gasteiger partial charge in [-0.2, -0.15) is 0 Å². The Kier molecular flexibility index (Phi) is 5.39. The van der Waals surface area contributed by atoms with Crippen molar-refractivity contribution in [3.05, 3.63) is 59.7 Å². The molecule has 3 aromatic rings. The highest BCUT2D eigenvalue weighted by molar-refractivity contribution is 5.98. The van der Waals surface area contributed by atoms with Crippen molar-refractivity contribution < 1.29 is 0 Å². The van der Waals surface area contributed by atoms with Gasteiger partial charge in [-0.05, 0) is 68.0 Å². The number of hydrogen-bond acceptors (Lipinski definition) is 0. The third kappa shape index (κ3) is 4.21. The summed E-state index contributed by atoms with van der Waals surface area (Å²) < 4.78 is 0. The second kappa shape index (κ2) is 7.30. The van der Waals surface area contributed by atoms with Crippen LogP contribution >= 0.6 is 0 Å². The summed E-state index contributed by atoms with van der Waals surface area (Å²) in [7, 11) is 0. The van der Waals surface area contributed by atoms with Crippen LogP contribution in [0.25, 0.3) is 21.5 Å². The molecule has 144 valence electrons. The number of hydrogen-bond donors (Lipinski definition) is 0. The lowest BCUT2D eigenvalue weighted by Crippen LogP contribution is -2.18. The smallest absolute Gasteiger partial charge is 0.0139 e. The summed E-state index contributed by atoms with van der Waals surface area (Å²) in [4.78, 5) is 0. The summed E-state index contributed by atoms with van der Waals surface area (Å²) in [6.07, 6.45) is 3.54. The first-order valence-corrected chi connectivity index (χ1v) is 10.6. The Morgan fingerprint density at radius 3 is 1.93 bits per heavy atom. The molecule has 0 saturated carbocycles. The molecule has 0 aromatic heterocycles. The molecule has 0 saturated heterocycles. The van der Waals surface area contributed by atoms with Crippen LogP contribution < -0.4 is 0 Å². The fourth-order valence-electron chi connectivity index (χ4n) is 3.88. The number of rotatable bonds is 6. The van der Waals surface area contributed by atoms with Gasteiger partial charge in [-0.25, -0.2) is 0 Å². The molecule has 1 atom stereocenters. The van der Waals surface area contributed by atoms with Crippen molar-refractivity contribution in [1.29, 1.82) is 0 Å². The molecule has 0 fully saturated rings. The summed E-state index contributed by atoms with van der Waals surface area (Å²) in [5.41, 5.74) is 3.59. The molecular weight excluding hydrogens is 324 g/mol. The highest BCUT2D eigenvalue weighted by atomic mass is 14.3. The molecule has 1 unspecified atom stereocenters. The average Bonchev–Trinajstić information content (AvgIpc) is 2.65. The lowest BCUT2D eigenvalue weighted by Gasteiger charge is -2.31. The minimum Gasteiger partial charge on any atom is -0.0649 e. The van der Waals surface area contributed by atoms with E-state index in [0.29, 0.717) is 16.7 Å². The molecular formula is C27H36. The normalized spacial score (nSPS) is 14.0. The Bertz CT molecular complexity index is 943. The first-order valence-electron chi connectivity index (χ1n) is 10.6. The van der Waals surface area contributed by atoms with Gasteiger partial charge < -0.3 is 0 Å². The molecule has 0 spiro atoms. The van der Waals surface area contributed by atoms with Gasteiger partial charge in [-0.3, -0.25) is 0 Å². The van der Waals surface area contributed by atoms with Crippen LogP contribution in [0.5, 0.6) is 0 Å². The lowest BCUT2D eigenvalue weighted by atomic mass is 9.74. The molecule has 0 aliphatic heterocycles. The summed E-state index contributed by atoms with van der Waals surface area (Å²) >= 11 is 0. The van der Waals surface area contributed by atoms with Crippen LogP contribution in [-0.4, -0.2) is 0 Å². The minimum atomic E-state index is 0.323. The minimum absolute atomic E-state index is 0.323. The molecule has 0 aliphatic carbocycles. The van der Waals surface area contributed by atoms with E-state index >= 15 is 0 Å². The van der Waals surface area contributed by atoms with E-state index in [0.717, 1.165) is 6.42 Å². The molecule has 3 rings (SSSR count). The van der Waals surface area contributed by atoms with Crippen LogP contribution in [0, 0.1) is 10.8 Å². The van der Waals surface area contributed by atoms with Gasteiger partial charge in [0.25, 0.3) is 0 Å². The zero-order valence-corrected chi connectivity index (χ0v) is 18.3. The monoisotopic (exact) mass is 360 g/mol. The van der Waals surface area contributed by atoms with Gasteiger partial charge in [-0.1, -0.05) is 97.7 Å². The van der Waals surface area contributed by atoms with E-state index in [1.807, 2.05) is 0 Å². The summed E-state index contributed by atoms with van der Waals surface area (Å²) in [5, 5.41) is 5.42. The maximum Gasteiger partial charge on any atom is -0.0139 e. The quantitative estimate of drug-likeness (QED) is 0.386. The van der Waals surface area contributed by atoms with Crippen molar-refractivity contribution >= 4 is 21.5 Å². The van der Waals surface area contributed by atoms with Gasteiger partial charge in [-0.15, -0.1) is 0 Å². The van der Waals surface area contributed by atoms with E-state index in [2.05, 4.69) is 97.0 Å². The SMILES string of the molecule is CCC(C)(C)Cc1ccc2cc3ccc(C(C)C(C)(C)CC)cc3cc2c1. The maximum atomic E-state index is 2.42. The fourth-order valence-corrected chi connectivity index (χ4v) is 3.88. The second-order valence-electron chi connectivity index (χ2n) is 9.90. The zero-order chi connectivity index (χ0) is 19.8. The third-order valence-corrected chi connectivity index (χ3v) is 7.11. The van der Waals surface area contributed by atoms with Crippen molar-refractivity contribution in [2.75, 3.05) is 0 Å². The Labute approximate surface area is 166 Å². The Morgan fingerprint density at radius 1 is 0.704 bits per heavy atom. The van der Waals surface area contributed by atoms with Crippen molar-refractivity contribution in [3.8, 4) is 0 Å². The van der Waals surface area contributed by atoms with Crippen LogP contribution in [0.3, 0.4) is 0 Å². The number of fused-ring (bicyclic) bond motifs is 2. The first-order chi connectivity index (χ1) is 12.6. The maximum absolute atomic E-state index is 2.42. The molecule has 3 aromatic carbocycles. The van der Waals surface area contributed by atoms with E-state index in [1.165, 1.54) is 45.5 Å². The standard InChI is InChI=1S/C27H36/c1-8-26(4,5)18-20-10-11-22-16-23-13-12-21(19(3)27(6,7)9-2)15-25(23)17-24(22)14-20/h10-17,19H,8-9,18H2,1-7H3. The largest absolute Gasteiger partial charge is 0.0649 e. The Morgan fingerprint density at radius 2 is 1.30 bits per heavy atom. The summed E-state index contributed by atoms with van der Waals surface area (Å²) in [6, 6.07) is 18.8. The van der Waals surface area contributed by atoms with Crippen LogP contribution in [-0.2, 0) is 6.42 Å². The van der Waals surface area contributed by atoms with Crippen molar-refractivity contribution in [2.45, 2.75) is 73.6 Å². The molecule has 0 aliphatic rings. The number of benzene rings is 3. The van der Waals surface area contributed by atoms with Gasteiger partial charge in [0, 0.05) is 0 Å². The highest BCUT2D eigenvalue weighted by Crippen LogP contribution is 2.39. The van der Waals surface area contributed by atoms with E-state index in [-0.39, 0.29) is 0 Å². The van der Waals surface area contributed by atoms with E-state index in [4.69, 9.17) is 0 Å². The molecule has 0 radical (unpaired) electrons. The van der Waals surface area contributed by atoms with Crippen LogP contribution in [0.2, 0.25) is 0 Å². The Balaban J connectivity index is 2.04. The average molecular weight is 361 g/mol. The molecule has 0 heterocycles. The van der Waals surface area contributed by atoms with E-state index in [9.17, 15) is 0 Å². The van der Waals surface area contributed by atoms with Crippen LogP contribution in [0.15, 0.2) is 48.5 Å². The predicted molar refractivity (Wildman–Crippen MR) is 122 cm³/mol. The van der Waals surface area contributed by atoms with Gasteiger partial charge in [0.05, 0.1) is 0 Å². The molecule has 0 amide bonds.